The highest BCUT2D eigenvalue weighted by molar-refractivity contribution is 7.21. The van der Waals surface area contributed by atoms with Crippen LogP contribution in [0, 0.1) is 0 Å². The number of rotatable bonds is 3. The summed E-state index contributed by atoms with van der Waals surface area (Å²) in [5, 5.41) is 3.71. The van der Waals surface area contributed by atoms with E-state index in [0.29, 0.717) is 0 Å². The number of carbonyl (C=O) groups is 1. The SMILES string of the molecule is C=CC(=O)Nc1ccccc1-c1nc2ccccc2s1. The second-order valence-electron chi connectivity index (χ2n) is 4.23. The first kappa shape index (κ1) is 12.6. The number of aromatic nitrogens is 1. The number of nitrogens with zero attached hydrogens (tertiary/aromatic N) is 1. The molecule has 1 heterocycles. The number of fused-ring (bicyclic) bond motifs is 1. The first-order chi connectivity index (χ1) is 9.78. The third-order valence-corrected chi connectivity index (χ3v) is 3.96. The van der Waals surface area contributed by atoms with Gasteiger partial charge in [-0.05, 0) is 30.3 Å². The number of para-hydroxylation sites is 2. The van der Waals surface area contributed by atoms with Crippen LogP contribution in [0.3, 0.4) is 0 Å². The van der Waals surface area contributed by atoms with Gasteiger partial charge < -0.3 is 5.32 Å². The van der Waals surface area contributed by atoms with Gasteiger partial charge in [-0.25, -0.2) is 4.98 Å². The number of amides is 1. The number of hydrogen-bond donors (Lipinski definition) is 1. The second-order valence-corrected chi connectivity index (χ2v) is 5.26. The van der Waals surface area contributed by atoms with E-state index < -0.39 is 0 Å². The molecule has 0 saturated carbocycles. The first-order valence-electron chi connectivity index (χ1n) is 6.16. The average Bonchev–Trinajstić information content (AvgIpc) is 2.91. The first-order valence-corrected chi connectivity index (χ1v) is 6.98. The Bertz CT molecular complexity index is 759. The fourth-order valence-corrected chi connectivity index (χ4v) is 2.95. The van der Waals surface area contributed by atoms with E-state index in [4.69, 9.17) is 0 Å². The summed E-state index contributed by atoms with van der Waals surface area (Å²) in [6, 6.07) is 15.6. The van der Waals surface area contributed by atoms with Crippen molar-refractivity contribution in [2.24, 2.45) is 0 Å². The Morgan fingerprint density at radius 1 is 1.15 bits per heavy atom. The van der Waals surface area contributed by atoms with Crippen LogP contribution < -0.4 is 5.32 Å². The molecule has 0 unspecified atom stereocenters. The topological polar surface area (TPSA) is 42.0 Å². The lowest BCUT2D eigenvalue weighted by Gasteiger charge is -2.06. The van der Waals surface area contributed by atoms with Gasteiger partial charge in [0.2, 0.25) is 5.91 Å². The lowest BCUT2D eigenvalue weighted by atomic mass is 10.2. The summed E-state index contributed by atoms with van der Waals surface area (Å²) in [7, 11) is 0. The van der Waals surface area contributed by atoms with Crippen molar-refractivity contribution in [2.45, 2.75) is 0 Å². The molecule has 0 aliphatic carbocycles. The molecule has 98 valence electrons. The van der Waals surface area contributed by atoms with Gasteiger partial charge >= 0.3 is 0 Å². The third-order valence-electron chi connectivity index (χ3n) is 2.89. The maximum Gasteiger partial charge on any atom is 0.247 e. The highest BCUT2D eigenvalue weighted by atomic mass is 32.1. The third kappa shape index (κ3) is 2.33. The molecule has 0 saturated heterocycles. The van der Waals surface area contributed by atoms with Gasteiger partial charge in [0.05, 0.1) is 15.9 Å². The van der Waals surface area contributed by atoms with Crippen molar-refractivity contribution in [3.63, 3.8) is 0 Å². The number of carbonyl (C=O) groups excluding carboxylic acids is 1. The van der Waals surface area contributed by atoms with Gasteiger partial charge in [-0.3, -0.25) is 4.79 Å². The molecule has 2 aromatic carbocycles. The van der Waals surface area contributed by atoms with Gasteiger partial charge in [0, 0.05) is 5.56 Å². The molecular weight excluding hydrogens is 268 g/mol. The van der Waals surface area contributed by atoms with Crippen LogP contribution in [0.4, 0.5) is 5.69 Å². The summed E-state index contributed by atoms with van der Waals surface area (Å²) in [6.07, 6.45) is 1.26. The Morgan fingerprint density at radius 2 is 1.90 bits per heavy atom. The standard InChI is InChI=1S/C16H12N2OS/c1-2-15(19)17-12-8-4-3-7-11(12)16-18-13-9-5-6-10-14(13)20-16/h2-10H,1H2,(H,17,19). The number of anilines is 1. The summed E-state index contributed by atoms with van der Waals surface area (Å²) in [4.78, 5) is 16.1. The molecule has 1 amide bonds. The minimum absolute atomic E-state index is 0.224. The van der Waals surface area contributed by atoms with E-state index in [2.05, 4.69) is 16.9 Å². The molecule has 0 atom stereocenters. The molecule has 0 radical (unpaired) electrons. The van der Waals surface area contributed by atoms with Gasteiger partial charge in [-0.2, -0.15) is 0 Å². The van der Waals surface area contributed by atoms with E-state index in [1.165, 1.54) is 6.08 Å². The Morgan fingerprint density at radius 3 is 2.70 bits per heavy atom. The van der Waals surface area contributed by atoms with Crippen LogP contribution in [0.25, 0.3) is 20.8 Å². The minimum Gasteiger partial charge on any atom is -0.322 e. The van der Waals surface area contributed by atoms with Gasteiger partial charge in [0.25, 0.3) is 0 Å². The zero-order chi connectivity index (χ0) is 13.9. The lowest BCUT2D eigenvalue weighted by Crippen LogP contribution is -2.08. The van der Waals surface area contributed by atoms with E-state index in [1.54, 1.807) is 11.3 Å². The van der Waals surface area contributed by atoms with Crippen LogP contribution in [0.15, 0.2) is 61.2 Å². The maximum absolute atomic E-state index is 11.5. The molecule has 0 aliphatic rings. The van der Waals surface area contributed by atoms with Gasteiger partial charge in [-0.1, -0.05) is 30.8 Å². The number of thiazole rings is 1. The number of hydrogen-bond acceptors (Lipinski definition) is 3. The molecular formula is C16H12N2OS. The van der Waals surface area contributed by atoms with Crippen molar-refractivity contribution >= 4 is 33.1 Å². The Labute approximate surface area is 120 Å². The van der Waals surface area contributed by atoms with Crippen molar-refractivity contribution in [2.75, 3.05) is 5.32 Å². The fourth-order valence-electron chi connectivity index (χ4n) is 1.95. The molecule has 0 fully saturated rings. The van der Waals surface area contributed by atoms with E-state index in [9.17, 15) is 4.79 Å². The zero-order valence-corrected chi connectivity index (χ0v) is 11.5. The van der Waals surface area contributed by atoms with E-state index in [-0.39, 0.29) is 5.91 Å². The number of benzene rings is 2. The number of nitrogens with one attached hydrogen (secondary N) is 1. The molecule has 1 aromatic heterocycles. The largest absolute Gasteiger partial charge is 0.322 e. The predicted molar refractivity (Wildman–Crippen MR) is 83.9 cm³/mol. The summed E-state index contributed by atoms with van der Waals surface area (Å²) in [6.45, 7) is 3.47. The summed E-state index contributed by atoms with van der Waals surface area (Å²) < 4.78 is 1.13. The smallest absolute Gasteiger partial charge is 0.247 e. The van der Waals surface area contributed by atoms with Crippen molar-refractivity contribution in [3.8, 4) is 10.6 Å². The molecule has 4 heteroatoms. The van der Waals surface area contributed by atoms with E-state index in [0.717, 1.165) is 26.5 Å². The Hall–Kier alpha value is -2.46. The molecule has 0 spiro atoms. The predicted octanol–water partition coefficient (Wildman–Crippen LogP) is 4.09. The van der Waals surface area contributed by atoms with Crippen LogP contribution in [0.2, 0.25) is 0 Å². The van der Waals surface area contributed by atoms with Gasteiger partial charge in [0.1, 0.15) is 5.01 Å². The van der Waals surface area contributed by atoms with Crippen molar-refractivity contribution in [1.82, 2.24) is 4.98 Å². The molecule has 3 nitrogen and oxygen atoms in total. The van der Waals surface area contributed by atoms with Crippen LogP contribution in [-0.2, 0) is 4.79 Å². The summed E-state index contributed by atoms with van der Waals surface area (Å²) in [5.41, 5.74) is 2.64. The Balaban J connectivity index is 2.09. The van der Waals surface area contributed by atoms with E-state index in [1.807, 2.05) is 48.5 Å². The maximum atomic E-state index is 11.5. The molecule has 3 rings (SSSR count). The fraction of sp³-hybridized carbons (Fsp3) is 0. The molecule has 0 aliphatic heterocycles. The van der Waals surface area contributed by atoms with Crippen LogP contribution in [0.5, 0.6) is 0 Å². The van der Waals surface area contributed by atoms with Crippen molar-refractivity contribution < 1.29 is 4.79 Å². The van der Waals surface area contributed by atoms with Crippen molar-refractivity contribution in [1.29, 1.82) is 0 Å². The molecule has 3 aromatic rings. The van der Waals surface area contributed by atoms with Gasteiger partial charge in [-0.15, -0.1) is 11.3 Å². The summed E-state index contributed by atoms with van der Waals surface area (Å²) >= 11 is 1.61. The van der Waals surface area contributed by atoms with Crippen LogP contribution in [0.1, 0.15) is 0 Å². The normalized spacial score (nSPS) is 10.4. The molecule has 1 N–H and O–H groups in total. The lowest BCUT2D eigenvalue weighted by molar-refractivity contribution is -0.111. The second kappa shape index (κ2) is 5.27. The zero-order valence-electron chi connectivity index (χ0n) is 10.7. The minimum atomic E-state index is -0.224. The molecule has 20 heavy (non-hydrogen) atoms. The van der Waals surface area contributed by atoms with Crippen LogP contribution >= 0.6 is 11.3 Å². The summed E-state index contributed by atoms with van der Waals surface area (Å²) in [5.74, 6) is -0.224. The van der Waals surface area contributed by atoms with Crippen LogP contribution in [-0.4, -0.2) is 10.9 Å². The highest BCUT2D eigenvalue weighted by Gasteiger charge is 2.10. The monoisotopic (exact) mass is 280 g/mol. The van der Waals surface area contributed by atoms with Gasteiger partial charge in [0.15, 0.2) is 0 Å². The average molecular weight is 280 g/mol. The Kier molecular flexibility index (Phi) is 3.31. The van der Waals surface area contributed by atoms with E-state index >= 15 is 0 Å². The van der Waals surface area contributed by atoms with Crippen molar-refractivity contribution in [3.05, 3.63) is 61.2 Å². The quantitative estimate of drug-likeness (QED) is 0.734. The highest BCUT2D eigenvalue weighted by Crippen LogP contribution is 2.34. The molecule has 0 bridgehead atoms.